The zero-order valence-corrected chi connectivity index (χ0v) is 10.8. The fraction of sp³-hybridized carbons (Fsp3) is 0.462. The van der Waals surface area contributed by atoms with Gasteiger partial charge in [-0.3, -0.25) is 4.79 Å². The Balaban J connectivity index is 2.29. The van der Waals surface area contributed by atoms with Crippen LogP contribution in [0.5, 0.6) is 5.75 Å². The van der Waals surface area contributed by atoms with Crippen LogP contribution in [-0.2, 0) is 4.79 Å². The molecule has 0 aliphatic heterocycles. The lowest BCUT2D eigenvalue weighted by Gasteiger charge is -2.23. The first-order chi connectivity index (χ1) is 8.43. The number of benzene rings is 1. The lowest BCUT2D eigenvalue weighted by atomic mass is 10.1. The van der Waals surface area contributed by atoms with Crippen LogP contribution in [0.1, 0.15) is 20.3 Å². The molecule has 1 amide bonds. The molecule has 0 aliphatic carbocycles. The van der Waals surface area contributed by atoms with Gasteiger partial charge in [0.2, 0.25) is 5.91 Å². The van der Waals surface area contributed by atoms with Crippen LogP contribution in [0.2, 0.25) is 0 Å². The van der Waals surface area contributed by atoms with E-state index in [1.165, 1.54) is 0 Å². The molecule has 1 aromatic carbocycles. The van der Waals surface area contributed by atoms with E-state index in [2.05, 4.69) is 5.32 Å². The predicted molar refractivity (Wildman–Crippen MR) is 70.3 cm³/mol. The van der Waals surface area contributed by atoms with Crippen LogP contribution in [-0.4, -0.2) is 29.8 Å². The van der Waals surface area contributed by atoms with E-state index in [-0.39, 0.29) is 25.5 Å². The van der Waals surface area contributed by atoms with Crippen LogP contribution < -0.4 is 15.8 Å². The molecule has 0 saturated carbocycles. The summed E-state index contributed by atoms with van der Waals surface area (Å²) in [7, 11) is 0. The summed E-state index contributed by atoms with van der Waals surface area (Å²) < 4.78 is 5.40. The number of hydrogen-bond donors (Lipinski definition) is 3. The molecule has 0 fully saturated rings. The second kappa shape index (κ2) is 6.26. The molecule has 5 nitrogen and oxygen atoms in total. The third-order valence-electron chi connectivity index (χ3n) is 2.35. The number of ether oxygens (including phenoxy) is 1. The molecule has 0 aliphatic rings. The summed E-state index contributed by atoms with van der Waals surface area (Å²) in [6.07, 6.45) is 0.244. The van der Waals surface area contributed by atoms with E-state index in [1.54, 1.807) is 38.1 Å². The summed E-state index contributed by atoms with van der Waals surface area (Å²) in [6, 6.07) is 6.99. The molecular formula is C13H20N2O3. The number of rotatable bonds is 6. The quantitative estimate of drug-likeness (QED) is 0.657. The second-order valence-corrected chi connectivity index (χ2v) is 4.76. The summed E-state index contributed by atoms with van der Waals surface area (Å²) in [5.41, 5.74) is 5.62. The molecule has 0 spiro atoms. The third kappa shape index (κ3) is 5.05. The van der Waals surface area contributed by atoms with Gasteiger partial charge < -0.3 is 20.9 Å². The highest BCUT2D eigenvalue weighted by atomic mass is 16.5. The van der Waals surface area contributed by atoms with E-state index in [0.29, 0.717) is 11.4 Å². The Bertz CT molecular complexity index is 388. The van der Waals surface area contributed by atoms with Gasteiger partial charge in [-0.2, -0.15) is 0 Å². The van der Waals surface area contributed by atoms with Crippen molar-refractivity contribution in [2.75, 3.05) is 18.9 Å². The van der Waals surface area contributed by atoms with E-state index in [4.69, 9.17) is 15.6 Å². The van der Waals surface area contributed by atoms with Crippen LogP contribution in [0, 0.1) is 0 Å². The maximum atomic E-state index is 11.5. The number of amides is 1. The zero-order valence-electron chi connectivity index (χ0n) is 10.8. The van der Waals surface area contributed by atoms with Gasteiger partial charge in [-0.1, -0.05) is 0 Å². The van der Waals surface area contributed by atoms with Gasteiger partial charge in [0.25, 0.3) is 0 Å². The van der Waals surface area contributed by atoms with E-state index < -0.39 is 5.54 Å². The number of nitrogens with two attached hydrogens (primary N) is 1. The Morgan fingerprint density at radius 3 is 2.56 bits per heavy atom. The number of aliphatic hydroxyl groups excluding tert-OH is 1. The number of carbonyl (C=O) groups is 1. The number of hydrogen-bond acceptors (Lipinski definition) is 4. The van der Waals surface area contributed by atoms with Crippen LogP contribution >= 0.6 is 0 Å². The molecule has 18 heavy (non-hydrogen) atoms. The highest BCUT2D eigenvalue weighted by molar-refractivity contribution is 5.76. The standard InChI is InChI=1S/C13H20N2O3/c1-13(2,9-16)15-12(17)7-8-18-11-5-3-10(14)4-6-11/h3-6,16H,7-9,14H2,1-2H3,(H,15,17). The van der Waals surface area contributed by atoms with Crippen LogP contribution in [0.15, 0.2) is 24.3 Å². The van der Waals surface area contributed by atoms with Gasteiger partial charge in [0.15, 0.2) is 0 Å². The maximum absolute atomic E-state index is 11.5. The van der Waals surface area contributed by atoms with Gasteiger partial charge in [0.1, 0.15) is 5.75 Å². The van der Waals surface area contributed by atoms with Crippen molar-refractivity contribution in [3.8, 4) is 5.75 Å². The van der Waals surface area contributed by atoms with Crippen molar-refractivity contribution in [3.63, 3.8) is 0 Å². The molecule has 0 atom stereocenters. The van der Waals surface area contributed by atoms with Gasteiger partial charge >= 0.3 is 0 Å². The Kier molecular flexibility index (Phi) is 4.97. The molecule has 5 heteroatoms. The minimum atomic E-state index is -0.599. The lowest BCUT2D eigenvalue weighted by Crippen LogP contribution is -2.46. The fourth-order valence-electron chi connectivity index (χ4n) is 1.31. The first kappa shape index (κ1) is 14.3. The Labute approximate surface area is 107 Å². The number of anilines is 1. The van der Waals surface area contributed by atoms with Crippen molar-refractivity contribution in [1.82, 2.24) is 5.32 Å². The van der Waals surface area contributed by atoms with Crippen molar-refractivity contribution in [2.45, 2.75) is 25.8 Å². The van der Waals surface area contributed by atoms with Crippen LogP contribution in [0.4, 0.5) is 5.69 Å². The van der Waals surface area contributed by atoms with E-state index in [0.717, 1.165) is 0 Å². The Morgan fingerprint density at radius 2 is 2.00 bits per heavy atom. The highest BCUT2D eigenvalue weighted by Crippen LogP contribution is 2.13. The molecule has 0 aromatic heterocycles. The normalized spacial score (nSPS) is 11.1. The molecule has 100 valence electrons. The van der Waals surface area contributed by atoms with Crippen molar-refractivity contribution >= 4 is 11.6 Å². The van der Waals surface area contributed by atoms with Crippen molar-refractivity contribution < 1.29 is 14.6 Å². The summed E-state index contributed by atoms with van der Waals surface area (Å²) in [6.45, 7) is 3.70. The van der Waals surface area contributed by atoms with E-state index >= 15 is 0 Å². The SMILES string of the molecule is CC(C)(CO)NC(=O)CCOc1ccc(N)cc1. The maximum Gasteiger partial charge on any atom is 0.223 e. The third-order valence-corrected chi connectivity index (χ3v) is 2.35. The Hall–Kier alpha value is -1.75. The first-order valence-electron chi connectivity index (χ1n) is 5.83. The number of aliphatic hydroxyl groups is 1. The fourth-order valence-corrected chi connectivity index (χ4v) is 1.31. The summed E-state index contributed by atoms with van der Waals surface area (Å²) in [5.74, 6) is 0.530. The zero-order chi connectivity index (χ0) is 13.6. The molecular weight excluding hydrogens is 232 g/mol. The van der Waals surface area contributed by atoms with Gasteiger partial charge in [-0.15, -0.1) is 0 Å². The molecule has 0 heterocycles. The van der Waals surface area contributed by atoms with E-state index in [1.807, 2.05) is 0 Å². The average molecular weight is 252 g/mol. The molecule has 4 N–H and O–H groups in total. The summed E-state index contributed by atoms with van der Waals surface area (Å²) in [4.78, 5) is 11.5. The van der Waals surface area contributed by atoms with Crippen molar-refractivity contribution in [1.29, 1.82) is 0 Å². The topological polar surface area (TPSA) is 84.6 Å². The Morgan fingerprint density at radius 1 is 1.39 bits per heavy atom. The van der Waals surface area contributed by atoms with Gasteiger partial charge in [-0.05, 0) is 38.1 Å². The average Bonchev–Trinajstić information content (AvgIpc) is 2.31. The summed E-state index contributed by atoms with van der Waals surface area (Å²) >= 11 is 0. The van der Waals surface area contributed by atoms with Gasteiger partial charge in [0.05, 0.1) is 25.2 Å². The minimum absolute atomic E-state index is 0.0996. The first-order valence-corrected chi connectivity index (χ1v) is 5.83. The van der Waals surface area contributed by atoms with Crippen molar-refractivity contribution in [3.05, 3.63) is 24.3 Å². The van der Waals surface area contributed by atoms with Crippen LogP contribution in [0.25, 0.3) is 0 Å². The second-order valence-electron chi connectivity index (χ2n) is 4.76. The molecule has 0 saturated heterocycles. The number of nitrogens with one attached hydrogen (secondary N) is 1. The molecule has 0 unspecified atom stereocenters. The monoisotopic (exact) mass is 252 g/mol. The van der Waals surface area contributed by atoms with E-state index in [9.17, 15) is 4.79 Å². The number of nitrogen functional groups attached to an aromatic ring is 1. The highest BCUT2D eigenvalue weighted by Gasteiger charge is 2.18. The molecule has 0 radical (unpaired) electrons. The molecule has 0 bridgehead atoms. The van der Waals surface area contributed by atoms with Gasteiger partial charge in [-0.25, -0.2) is 0 Å². The minimum Gasteiger partial charge on any atom is -0.493 e. The molecule has 1 aromatic rings. The number of carbonyl (C=O) groups excluding carboxylic acids is 1. The predicted octanol–water partition coefficient (Wildman–Crippen LogP) is 0.925. The summed E-state index contributed by atoms with van der Waals surface area (Å²) in [5, 5.41) is 11.7. The lowest BCUT2D eigenvalue weighted by molar-refractivity contribution is -0.123. The van der Waals surface area contributed by atoms with Crippen molar-refractivity contribution in [2.24, 2.45) is 0 Å². The van der Waals surface area contributed by atoms with Crippen LogP contribution in [0.3, 0.4) is 0 Å². The molecule has 1 rings (SSSR count). The largest absolute Gasteiger partial charge is 0.493 e. The van der Waals surface area contributed by atoms with Gasteiger partial charge in [0, 0.05) is 5.69 Å². The smallest absolute Gasteiger partial charge is 0.223 e.